The van der Waals surface area contributed by atoms with Gasteiger partial charge in [0.25, 0.3) is 11.2 Å². The lowest BCUT2D eigenvalue weighted by Crippen LogP contribution is -2.40. The number of hydrogen-bond donors (Lipinski definition) is 0. The van der Waals surface area contributed by atoms with Crippen molar-refractivity contribution in [3.63, 3.8) is 0 Å². The Balaban J connectivity index is 1.55. The number of thioether (sulfide) groups is 1. The number of para-hydroxylation sites is 1. The number of ether oxygens (including phenoxy) is 2. The van der Waals surface area contributed by atoms with Gasteiger partial charge in [-0.25, -0.2) is 9.79 Å². The molecule has 9 nitrogen and oxygen atoms in total. The van der Waals surface area contributed by atoms with Gasteiger partial charge in [0.05, 0.1) is 32.9 Å². The maximum Gasteiger partial charge on any atom is 0.338 e. The Kier molecular flexibility index (Phi) is 8.93. The molecule has 0 N–H and O–H groups in total. The molecule has 0 amide bonds. The summed E-state index contributed by atoms with van der Waals surface area (Å²) < 4.78 is 13.6. The number of benzene rings is 3. The lowest BCUT2D eigenvalue weighted by Gasteiger charge is -2.25. The second-order valence-electron chi connectivity index (χ2n) is 10.1. The van der Waals surface area contributed by atoms with Gasteiger partial charge in [0, 0.05) is 22.6 Å². The minimum atomic E-state index is -0.700. The van der Waals surface area contributed by atoms with E-state index in [0.29, 0.717) is 31.9 Å². The number of nitro groups is 1. The van der Waals surface area contributed by atoms with Crippen molar-refractivity contribution in [2.75, 3.05) is 6.26 Å². The third-order valence-electron chi connectivity index (χ3n) is 6.76. The van der Waals surface area contributed by atoms with Crippen molar-refractivity contribution in [3.8, 4) is 5.75 Å². The summed E-state index contributed by atoms with van der Waals surface area (Å²) in [7, 11) is 0. The summed E-state index contributed by atoms with van der Waals surface area (Å²) in [4.78, 5) is 44.0. The predicted molar refractivity (Wildman–Crippen MR) is 167 cm³/mol. The zero-order valence-corrected chi connectivity index (χ0v) is 25.6. The quantitative estimate of drug-likeness (QED) is 0.107. The molecule has 4 aromatic rings. The molecule has 0 fully saturated rings. The van der Waals surface area contributed by atoms with E-state index >= 15 is 0 Å². The van der Waals surface area contributed by atoms with Crippen molar-refractivity contribution in [3.05, 3.63) is 131 Å². The van der Waals surface area contributed by atoms with Gasteiger partial charge < -0.3 is 9.47 Å². The van der Waals surface area contributed by atoms with Crippen molar-refractivity contribution < 1.29 is 19.2 Å². The van der Waals surface area contributed by atoms with Crippen LogP contribution in [-0.4, -0.2) is 27.8 Å². The zero-order valence-electron chi connectivity index (χ0n) is 24.0. The maximum absolute atomic E-state index is 14.0. The van der Waals surface area contributed by atoms with Crippen LogP contribution in [0.3, 0.4) is 0 Å². The predicted octanol–water partition coefficient (Wildman–Crippen LogP) is 5.40. The van der Waals surface area contributed by atoms with Crippen LogP contribution in [0, 0.1) is 10.1 Å². The van der Waals surface area contributed by atoms with Crippen LogP contribution in [0.25, 0.3) is 6.08 Å². The number of esters is 1. The molecule has 0 spiro atoms. The fourth-order valence-corrected chi connectivity index (χ4v) is 6.16. The zero-order chi connectivity index (χ0) is 30.7. The number of nitrogens with zero attached hydrogens (tertiary/aromatic N) is 3. The molecule has 43 heavy (non-hydrogen) atoms. The molecule has 1 aliphatic heterocycles. The van der Waals surface area contributed by atoms with E-state index in [4.69, 9.17) is 9.47 Å². The van der Waals surface area contributed by atoms with Gasteiger partial charge in [-0.05, 0) is 74.6 Å². The number of nitro benzene ring substituents is 1. The number of rotatable bonds is 9. The van der Waals surface area contributed by atoms with E-state index in [1.165, 1.54) is 23.5 Å². The largest absolute Gasteiger partial charge is 0.488 e. The number of aromatic nitrogens is 1. The first-order chi connectivity index (χ1) is 20.7. The summed E-state index contributed by atoms with van der Waals surface area (Å²) in [5.41, 5.74) is 2.79. The normalized spacial score (nSPS) is 14.8. The maximum atomic E-state index is 14.0. The first kappa shape index (κ1) is 30.0. The van der Waals surface area contributed by atoms with Crippen LogP contribution in [0.2, 0.25) is 0 Å². The van der Waals surface area contributed by atoms with E-state index < -0.39 is 16.9 Å². The standard InChI is InChI=1S/C32H29N3O6S2/c1-19(2)41-31(37)28-20(3)33-32-34(29(28)22-11-15-25(42-4)16-12-22)30(36)27(43-32)17-23-7-5-6-8-26(23)40-18-21-9-13-24(14-10-21)35(38)39/h5-17,19,29H,18H2,1-4H3/b27-17+/t29-/m1/s1. The smallest absolute Gasteiger partial charge is 0.338 e. The Morgan fingerprint density at radius 3 is 2.47 bits per heavy atom. The van der Waals surface area contributed by atoms with Crippen LogP contribution in [-0.2, 0) is 16.1 Å². The van der Waals surface area contributed by atoms with Crippen molar-refractivity contribution in [2.24, 2.45) is 4.99 Å². The monoisotopic (exact) mass is 615 g/mol. The summed E-state index contributed by atoms with van der Waals surface area (Å²) in [6.45, 7) is 5.52. The molecule has 0 saturated carbocycles. The van der Waals surface area contributed by atoms with Crippen LogP contribution >= 0.6 is 23.1 Å². The minimum Gasteiger partial charge on any atom is -0.488 e. The van der Waals surface area contributed by atoms with Gasteiger partial charge in [0.1, 0.15) is 12.4 Å². The molecule has 5 rings (SSSR count). The highest BCUT2D eigenvalue weighted by atomic mass is 32.2. The van der Waals surface area contributed by atoms with Crippen LogP contribution in [0.1, 0.15) is 43.5 Å². The average Bonchev–Trinajstić information content (AvgIpc) is 3.29. The Labute approximate surface area is 256 Å². The van der Waals surface area contributed by atoms with Gasteiger partial charge in [-0.2, -0.15) is 0 Å². The summed E-state index contributed by atoms with van der Waals surface area (Å²) >= 11 is 2.85. The molecule has 0 radical (unpaired) electrons. The Hall–Kier alpha value is -4.48. The number of carbonyl (C=O) groups is 1. The molecule has 2 heterocycles. The Morgan fingerprint density at radius 1 is 1.12 bits per heavy atom. The molecule has 3 aromatic carbocycles. The van der Waals surface area contributed by atoms with E-state index in [1.54, 1.807) is 61.4 Å². The molecule has 0 saturated heterocycles. The van der Waals surface area contributed by atoms with Gasteiger partial charge in [-0.15, -0.1) is 11.8 Å². The van der Waals surface area contributed by atoms with Crippen molar-refractivity contribution >= 4 is 40.8 Å². The van der Waals surface area contributed by atoms with Gasteiger partial charge in [-0.1, -0.05) is 41.7 Å². The van der Waals surface area contributed by atoms with E-state index in [-0.39, 0.29) is 24.0 Å². The molecule has 1 aliphatic rings. The van der Waals surface area contributed by atoms with Crippen molar-refractivity contribution in [1.82, 2.24) is 4.57 Å². The first-order valence-electron chi connectivity index (χ1n) is 13.5. The first-order valence-corrected chi connectivity index (χ1v) is 15.5. The Morgan fingerprint density at radius 2 is 1.81 bits per heavy atom. The number of carbonyl (C=O) groups excluding carboxylic acids is 1. The lowest BCUT2D eigenvalue weighted by molar-refractivity contribution is -0.384. The van der Waals surface area contributed by atoms with Crippen molar-refractivity contribution in [1.29, 1.82) is 0 Å². The third kappa shape index (κ3) is 6.47. The molecule has 0 bridgehead atoms. The molecule has 0 aliphatic carbocycles. The van der Waals surface area contributed by atoms with Crippen molar-refractivity contribution in [2.45, 2.75) is 44.4 Å². The number of thiazole rings is 1. The lowest BCUT2D eigenvalue weighted by atomic mass is 9.96. The summed E-state index contributed by atoms with van der Waals surface area (Å²) in [5.74, 6) is 0.0442. The van der Waals surface area contributed by atoms with Gasteiger partial charge in [0.2, 0.25) is 0 Å². The fraction of sp³-hybridized carbons (Fsp3) is 0.219. The minimum absolute atomic E-state index is 0.00823. The second kappa shape index (κ2) is 12.8. The molecule has 11 heteroatoms. The molecule has 0 unspecified atom stereocenters. The van der Waals surface area contributed by atoms with Gasteiger partial charge >= 0.3 is 5.97 Å². The van der Waals surface area contributed by atoms with E-state index in [9.17, 15) is 19.7 Å². The highest BCUT2D eigenvalue weighted by Gasteiger charge is 2.33. The molecule has 220 valence electrons. The van der Waals surface area contributed by atoms with E-state index in [0.717, 1.165) is 16.0 Å². The summed E-state index contributed by atoms with van der Waals surface area (Å²) in [6, 6.07) is 20.6. The molecular weight excluding hydrogens is 587 g/mol. The van der Waals surface area contributed by atoms with Crippen LogP contribution in [0.5, 0.6) is 5.75 Å². The van der Waals surface area contributed by atoms with Gasteiger partial charge in [0.15, 0.2) is 4.80 Å². The fourth-order valence-electron chi connectivity index (χ4n) is 4.71. The van der Waals surface area contributed by atoms with Gasteiger partial charge in [-0.3, -0.25) is 19.5 Å². The van der Waals surface area contributed by atoms with E-state index in [2.05, 4.69) is 4.99 Å². The number of fused-ring (bicyclic) bond motifs is 1. The Bertz CT molecular complexity index is 1890. The summed E-state index contributed by atoms with van der Waals surface area (Å²) in [5, 5.41) is 11.0. The molecule has 1 atom stereocenters. The van der Waals surface area contributed by atoms with Crippen LogP contribution < -0.4 is 19.6 Å². The molecule has 1 aromatic heterocycles. The number of allylic oxidation sites excluding steroid dienone is 1. The average molecular weight is 616 g/mol. The van der Waals surface area contributed by atoms with Crippen LogP contribution in [0.15, 0.2) is 98.7 Å². The van der Waals surface area contributed by atoms with E-state index in [1.807, 2.05) is 48.7 Å². The molecular formula is C32H29N3O6S2. The SMILES string of the molecule is CSc1ccc([C@@H]2C(C(=O)OC(C)C)=C(C)N=c3s/c(=C/c4ccccc4OCc4ccc([N+](=O)[O-])cc4)c(=O)n32)cc1. The number of hydrogen-bond acceptors (Lipinski definition) is 9. The highest BCUT2D eigenvalue weighted by molar-refractivity contribution is 7.98. The number of non-ortho nitro benzene ring substituents is 1. The topological polar surface area (TPSA) is 113 Å². The summed E-state index contributed by atoms with van der Waals surface area (Å²) in [6.07, 6.45) is 3.41. The third-order valence-corrected chi connectivity index (χ3v) is 8.49. The second-order valence-corrected chi connectivity index (χ2v) is 11.9. The highest BCUT2D eigenvalue weighted by Crippen LogP contribution is 2.32. The van der Waals surface area contributed by atoms with Crippen LogP contribution in [0.4, 0.5) is 5.69 Å².